The van der Waals surface area contributed by atoms with Gasteiger partial charge in [0.1, 0.15) is 6.04 Å². The lowest BCUT2D eigenvalue weighted by Gasteiger charge is -2.23. The fourth-order valence-electron chi connectivity index (χ4n) is 2.15. The maximum absolute atomic E-state index is 12.7. The van der Waals surface area contributed by atoms with Crippen LogP contribution in [0.1, 0.15) is 11.6 Å². The highest BCUT2D eigenvalue weighted by Gasteiger charge is 2.24. The first kappa shape index (κ1) is 18.5. The van der Waals surface area contributed by atoms with Crippen LogP contribution in [0.2, 0.25) is 0 Å². The molecule has 2 aromatic rings. The molecular formula is C15H21ClN4OS. The van der Waals surface area contributed by atoms with Gasteiger partial charge in [-0.15, -0.1) is 24.2 Å². The number of carbonyl (C=O) groups excluding carboxylic acids is 1. The van der Waals surface area contributed by atoms with Crippen molar-refractivity contribution >= 4 is 35.8 Å². The average molecular weight is 341 g/mol. The summed E-state index contributed by atoms with van der Waals surface area (Å²) in [6.45, 7) is 0. The minimum Gasteiger partial charge on any atom is -0.314 e. The molecule has 0 fully saturated rings. The number of thioether (sulfide) groups is 1. The first-order chi connectivity index (χ1) is 10.1. The Bertz CT molecular complexity index is 614. The molecule has 5 nitrogen and oxygen atoms in total. The van der Waals surface area contributed by atoms with Gasteiger partial charge in [-0.1, -0.05) is 0 Å². The van der Waals surface area contributed by atoms with Gasteiger partial charge in [-0.25, -0.2) is 0 Å². The third kappa shape index (κ3) is 4.03. The van der Waals surface area contributed by atoms with Crippen molar-refractivity contribution in [3.63, 3.8) is 0 Å². The number of benzene rings is 1. The van der Waals surface area contributed by atoms with Crippen molar-refractivity contribution in [2.75, 3.05) is 25.3 Å². The molecular weight excluding hydrogens is 320 g/mol. The number of aromatic nitrogens is 2. The zero-order valence-electron chi connectivity index (χ0n) is 13.1. The summed E-state index contributed by atoms with van der Waals surface area (Å²) in [6, 6.07) is 7.55. The molecule has 1 N–H and O–H groups in total. The molecule has 1 aromatic carbocycles. The van der Waals surface area contributed by atoms with E-state index in [1.54, 1.807) is 41.6 Å². The van der Waals surface area contributed by atoms with Crippen molar-refractivity contribution < 1.29 is 4.79 Å². The number of amides is 1. The summed E-state index contributed by atoms with van der Waals surface area (Å²) in [7, 11) is 5.41. The van der Waals surface area contributed by atoms with Crippen LogP contribution in [0, 0.1) is 0 Å². The van der Waals surface area contributed by atoms with Crippen LogP contribution >= 0.6 is 24.2 Å². The second-order valence-electron chi connectivity index (χ2n) is 4.76. The number of nitrogens with one attached hydrogen (secondary N) is 1. The predicted molar refractivity (Wildman–Crippen MR) is 93.9 cm³/mol. The number of halogens is 1. The van der Waals surface area contributed by atoms with Gasteiger partial charge in [0, 0.05) is 36.4 Å². The monoisotopic (exact) mass is 340 g/mol. The number of anilines is 1. The molecule has 22 heavy (non-hydrogen) atoms. The third-order valence-corrected chi connectivity index (χ3v) is 4.13. The van der Waals surface area contributed by atoms with Crippen LogP contribution in [-0.4, -0.2) is 36.0 Å². The molecule has 0 radical (unpaired) electrons. The van der Waals surface area contributed by atoms with Crippen molar-refractivity contribution in [1.82, 2.24) is 15.1 Å². The Kier molecular flexibility index (Phi) is 6.93. The number of carbonyl (C=O) groups is 1. The van der Waals surface area contributed by atoms with Crippen molar-refractivity contribution in [3.05, 3.63) is 42.2 Å². The highest BCUT2D eigenvalue weighted by atomic mass is 35.5. The van der Waals surface area contributed by atoms with Gasteiger partial charge in [0.2, 0.25) is 5.91 Å². The summed E-state index contributed by atoms with van der Waals surface area (Å²) >= 11 is 1.68. The molecule has 0 aliphatic carbocycles. The van der Waals surface area contributed by atoms with E-state index in [1.165, 1.54) is 4.90 Å². The second kappa shape index (κ2) is 8.22. The van der Waals surface area contributed by atoms with Crippen molar-refractivity contribution in [1.29, 1.82) is 0 Å². The second-order valence-corrected chi connectivity index (χ2v) is 5.64. The van der Waals surface area contributed by atoms with E-state index in [2.05, 4.69) is 10.4 Å². The highest BCUT2D eigenvalue weighted by Crippen LogP contribution is 2.22. The maximum atomic E-state index is 12.7. The molecule has 0 spiro atoms. The lowest BCUT2D eigenvalue weighted by molar-refractivity contribution is -0.120. The Balaban J connectivity index is 0.00000242. The number of nitrogens with zero attached hydrogens (tertiary/aromatic N) is 3. The Labute approximate surface area is 141 Å². The van der Waals surface area contributed by atoms with Gasteiger partial charge in [0.15, 0.2) is 0 Å². The van der Waals surface area contributed by atoms with E-state index in [1.807, 2.05) is 43.8 Å². The predicted octanol–water partition coefficient (Wildman–Crippen LogP) is 2.49. The smallest absolute Gasteiger partial charge is 0.248 e. The van der Waals surface area contributed by atoms with E-state index >= 15 is 0 Å². The van der Waals surface area contributed by atoms with Crippen molar-refractivity contribution in [2.24, 2.45) is 7.05 Å². The summed E-state index contributed by atoms with van der Waals surface area (Å²) in [6.07, 6.45) is 5.59. The fraction of sp³-hybridized carbons (Fsp3) is 0.333. The van der Waals surface area contributed by atoms with Crippen LogP contribution in [0.5, 0.6) is 0 Å². The molecule has 1 unspecified atom stereocenters. The summed E-state index contributed by atoms with van der Waals surface area (Å²) < 4.78 is 1.69. The number of aryl methyl sites for hydroxylation is 1. The normalized spacial score (nSPS) is 11.6. The van der Waals surface area contributed by atoms with E-state index in [0.29, 0.717) is 0 Å². The summed E-state index contributed by atoms with van der Waals surface area (Å²) in [5, 5.41) is 7.18. The van der Waals surface area contributed by atoms with Gasteiger partial charge in [-0.05, 0) is 37.6 Å². The Morgan fingerprint density at radius 2 is 2.00 bits per heavy atom. The zero-order valence-corrected chi connectivity index (χ0v) is 14.7. The highest BCUT2D eigenvalue weighted by molar-refractivity contribution is 7.98. The quantitative estimate of drug-likeness (QED) is 0.850. The van der Waals surface area contributed by atoms with Crippen LogP contribution in [0.4, 0.5) is 5.69 Å². The molecule has 1 heterocycles. The molecule has 2 rings (SSSR count). The number of rotatable bonds is 5. The SMILES string of the molecule is CNC(C(=O)N(C)c1ccc(SC)cc1)c1cnn(C)c1.Cl. The summed E-state index contributed by atoms with van der Waals surface area (Å²) in [5.41, 5.74) is 1.74. The molecule has 0 bridgehead atoms. The van der Waals surface area contributed by atoms with E-state index < -0.39 is 6.04 Å². The Hall–Kier alpha value is -1.50. The van der Waals surface area contributed by atoms with Crippen LogP contribution in [-0.2, 0) is 11.8 Å². The van der Waals surface area contributed by atoms with Gasteiger partial charge in [-0.3, -0.25) is 9.48 Å². The number of hydrogen-bond donors (Lipinski definition) is 1. The Morgan fingerprint density at radius 3 is 2.45 bits per heavy atom. The molecule has 1 aromatic heterocycles. The molecule has 120 valence electrons. The fourth-order valence-corrected chi connectivity index (χ4v) is 2.56. The maximum Gasteiger partial charge on any atom is 0.248 e. The van der Waals surface area contributed by atoms with Crippen LogP contribution in [0.25, 0.3) is 0 Å². The number of likely N-dealkylation sites (N-methyl/N-ethyl adjacent to an activating group) is 2. The summed E-state index contributed by atoms with van der Waals surface area (Å²) in [5.74, 6) is -0.0117. The lowest BCUT2D eigenvalue weighted by atomic mass is 10.1. The Morgan fingerprint density at radius 1 is 1.36 bits per heavy atom. The van der Waals surface area contributed by atoms with Crippen LogP contribution in [0.3, 0.4) is 0 Å². The minimum atomic E-state index is -0.399. The third-order valence-electron chi connectivity index (χ3n) is 3.38. The summed E-state index contributed by atoms with van der Waals surface area (Å²) in [4.78, 5) is 15.5. The van der Waals surface area contributed by atoms with Crippen molar-refractivity contribution in [2.45, 2.75) is 10.9 Å². The van der Waals surface area contributed by atoms with Gasteiger partial charge in [0.05, 0.1) is 6.20 Å². The van der Waals surface area contributed by atoms with Crippen molar-refractivity contribution in [3.8, 4) is 0 Å². The van der Waals surface area contributed by atoms with E-state index in [4.69, 9.17) is 0 Å². The van der Waals surface area contributed by atoms with E-state index in [9.17, 15) is 4.79 Å². The van der Waals surface area contributed by atoms with Gasteiger partial charge in [-0.2, -0.15) is 5.10 Å². The molecule has 0 aliphatic heterocycles. The van der Waals surface area contributed by atoms with Gasteiger partial charge >= 0.3 is 0 Å². The minimum absolute atomic E-state index is 0. The largest absolute Gasteiger partial charge is 0.314 e. The standard InChI is InChI=1S/C15H20N4OS.ClH/c1-16-14(11-9-17-18(2)10-11)15(20)19(3)12-5-7-13(21-4)8-6-12;/h5-10,14,16H,1-4H3;1H. The lowest BCUT2D eigenvalue weighted by Crippen LogP contribution is -2.37. The van der Waals surface area contributed by atoms with E-state index in [0.717, 1.165) is 11.3 Å². The topological polar surface area (TPSA) is 50.2 Å². The molecule has 0 aliphatic rings. The first-order valence-corrected chi connectivity index (χ1v) is 7.86. The average Bonchev–Trinajstić information content (AvgIpc) is 2.93. The van der Waals surface area contributed by atoms with Crippen LogP contribution in [0.15, 0.2) is 41.6 Å². The molecule has 1 atom stereocenters. The molecule has 7 heteroatoms. The molecule has 0 saturated heterocycles. The molecule has 0 saturated carbocycles. The van der Waals surface area contributed by atoms with Gasteiger partial charge < -0.3 is 10.2 Å². The molecule has 1 amide bonds. The zero-order chi connectivity index (χ0) is 15.4. The number of hydrogen-bond acceptors (Lipinski definition) is 4. The van der Waals surface area contributed by atoms with E-state index in [-0.39, 0.29) is 18.3 Å². The van der Waals surface area contributed by atoms with Gasteiger partial charge in [0.25, 0.3) is 0 Å². The van der Waals surface area contributed by atoms with Crippen LogP contribution < -0.4 is 10.2 Å². The first-order valence-electron chi connectivity index (χ1n) is 6.64.